The lowest BCUT2D eigenvalue weighted by atomic mass is 9.97. The number of benzene rings is 2. The number of hydrogen-bond acceptors (Lipinski definition) is 5. The Labute approximate surface area is 212 Å². The summed E-state index contributed by atoms with van der Waals surface area (Å²) in [6.45, 7) is 5.26. The van der Waals surface area contributed by atoms with Crippen LogP contribution in [0.15, 0.2) is 54.6 Å². The van der Waals surface area contributed by atoms with Crippen LogP contribution in [0.1, 0.15) is 24.8 Å². The van der Waals surface area contributed by atoms with Crippen LogP contribution in [0.3, 0.4) is 0 Å². The lowest BCUT2D eigenvalue weighted by Crippen LogP contribution is -2.46. The molecule has 0 saturated carbocycles. The molecule has 0 bridgehead atoms. The number of piperidine rings is 1. The number of morpholine rings is 1. The molecule has 36 heavy (non-hydrogen) atoms. The molecule has 4 rings (SSSR count). The first-order valence-corrected chi connectivity index (χ1v) is 12.6. The van der Waals surface area contributed by atoms with E-state index in [0.29, 0.717) is 32.6 Å². The summed E-state index contributed by atoms with van der Waals surface area (Å²) in [7, 11) is 0. The molecule has 0 aromatic heterocycles. The van der Waals surface area contributed by atoms with Crippen molar-refractivity contribution in [3.63, 3.8) is 0 Å². The number of ether oxygens (including phenoxy) is 1. The molecule has 2 heterocycles. The maximum absolute atomic E-state index is 12.8. The maximum Gasteiger partial charge on any atom is 0.321 e. The number of urea groups is 1. The normalized spacial score (nSPS) is 18.3. The Hall–Kier alpha value is -3.43. The average molecular weight is 494 g/mol. The molecular formula is C27H35N5O4. The number of likely N-dealkylation sites (tertiary alicyclic amines) is 1. The monoisotopic (exact) mass is 493 g/mol. The van der Waals surface area contributed by atoms with Gasteiger partial charge in [-0.25, -0.2) is 4.79 Å². The lowest BCUT2D eigenvalue weighted by Gasteiger charge is -2.32. The third-order valence-electron chi connectivity index (χ3n) is 6.54. The van der Waals surface area contributed by atoms with E-state index in [4.69, 9.17) is 4.74 Å². The van der Waals surface area contributed by atoms with Crippen LogP contribution in [0.25, 0.3) is 0 Å². The highest BCUT2D eigenvalue weighted by Crippen LogP contribution is 2.19. The number of rotatable bonds is 8. The Morgan fingerprint density at radius 1 is 0.917 bits per heavy atom. The van der Waals surface area contributed by atoms with Crippen molar-refractivity contribution in [3.05, 3.63) is 60.2 Å². The van der Waals surface area contributed by atoms with Crippen molar-refractivity contribution in [1.82, 2.24) is 15.1 Å². The highest BCUT2D eigenvalue weighted by atomic mass is 16.5. The molecule has 2 aliphatic rings. The van der Waals surface area contributed by atoms with E-state index in [1.165, 1.54) is 0 Å². The van der Waals surface area contributed by atoms with Crippen molar-refractivity contribution in [2.45, 2.75) is 25.8 Å². The SMILES string of the molecule is O=C(CCN1CCOCC1)Nc1cccc(CNC(=O)C2CCCN(C(=O)Nc3ccccc3)C2)c1. The summed E-state index contributed by atoms with van der Waals surface area (Å²) in [6, 6.07) is 16.7. The van der Waals surface area contributed by atoms with Crippen molar-refractivity contribution in [1.29, 1.82) is 0 Å². The summed E-state index contributed by atoms with van der Waals surface area (Å²) in [5, 5.41) is 8.84. The van der Waals surface area contributed by atoms with E-state index in [0.717, 1.165) is 56.1 Å². The molecule has 2 aliphatic heterocycles. The van der Waals surface area contributed by atoms with Crippen LogP contribution in [0, 0.1) is 5.92 Å². The van der Waals surface area contributed by atoms with Gasteiger partial charge in [-0.1, -0.05) is 30.3 Å². The van der Waals surface area contributed by atoms with E-state index in [1.54, 1.807) is 4.90 Å². The number of carbonyl (C=O) groups excluding carboxylic acids is 3. The van der Waals surface area contributed by atoms with Gasteiger partial charge in [-0.15, -0.1) is 0 Å². The van der Waals surface area contributed by atoms with Crippen LogP contribution in [-0.2, 0) is 20.9 Å². The maximum atomic E-state index is 12.8. The number of nitrogens with one attached hydrogen (secondary N) is 3. The molecule has 2 fully saturated rings. The molecule has 9 nitrogen and oxygen atoms in total. The number of para-hydroxylation sites is 1. The van der Waals surface area contributed by atoms with Crippen LogP contribution in [-0.4, -0.2) is 73.6 Å². The van der Waals surface area contributed by atoms with Crippen molar-refractivity contribution in [3.8, 4) is 0 Å². The molecule has 1 atom stereocenters. The molecule has 0 aliphatic carbocycles. The van der Waals surface area contributed by atoms with Crippen LogP contribution >= 0.6 is 0 Å². The van der Waals surface area contributed by atoms with E-state index < -0.39 is 0 Å². The third kappa shape index (κ3) is 7.79. The quantitative estimate of drug-likeness (QED) is 0.525. The molecule has 2 saturated heterocycles. The Morgan fingerprint density at radius 3 is 2.50 bits per heavy atom. The average Bonchev–Trinajstić information content (AvgIpc) is 2.92. The van der Waals surface area contributed by atoms with Crippen molar-refractivity contribution < 1.29 is 19.1 Å². The van der Waals surface area contributed by atoms with Gasteiger partial charge in [0.1, 0.15) is 0 Å². The molecule has 0 spiro atoms. The summed E-state index contributed by atoms with van der Waals surface area (Å²) in [5.74, 6) is -0.339. The molecule has 0 radical (unpaired) electrons. The standard InChI is InChI=1S/C27H35N5O4/c33-25(11-13-31-14-16-36-17-15-31)29-24-10-4-6-21(18-24)19-28-26(34)22-7-5-12-32(20-22)27(35)30-23-8-2-1-3-9-23/h1-4,6,8-10,18,22H,5,7,11-17,19-20H2,(H,28,34)(H,29,33)(H,30,35). The molecule has 2 aromatic rings. The molecule has 2 aromatic carbocycles. The summed E-state index contributed by atoms with van der Waals surface area (Å²) < 4.78 is 5.34. The third-order valence-corrected chi connectivity index (χ3v) is 6.54. The topological polar surface area (TPSA) is 103 Å². The summed E-state index contributed by atoms with van der Waals surface area (Å²) in [6.07, 6.45) is 1.96. The second-order valence-electron chi connectivity index (χ2n) is 9.25. The van der Waals surface area contributed by atoms with Gasteiger partial charge in [0, 0.05) is 57.1 Å². The van der Waals surface area contributed by atoms with Gasteiger partial charge in [0.15, 0.2) is 0 Å². The van der Waals surface area contributed by atoms with E-state index in [-0.39, 0.29) is 23.8 Å². The van der Waals surface area contributed by atoms with Crippen LogP contribution < -0.4 is 16.0 Å². The Morgan fingerprint density at radius 2 is 1.69 bits per heavy atom. The van der Waals surface area contributed by atoms with Crippen molar-refractivity contribution in [2.75, 3.05) is 56.6 Å². The number of nitrogens with zero attached hydrogens (tertiary/aromatic N) is 2. The number of anilines is 2. The largest absolute Gasteiger partial charge is 0.379 e. The first-order valence-electron chi connectivity index (χ1n) is 12.6. The van der Waals surface area contributed by atoms with Gasteiger partial charge >= 0.3 is 6.03 Å². The van der Waals surface area contributed by atoms with E-state index in [2.05, 4.69) is 20.9 Å². The van der Waals surface area contributed by atoms with Gasteiger partial charge in [-0.3, -0.25) is 14.5 Å². The Balaban J connectivity index is 1.21. The van der Waals surface area contributed by atoms with Crippen molar-refractivity contribution in [2.24, 2.45) is 5.92 Å². The number of carbonyl (C=O) groups is 3. The zero-order chi connectivity index (χ0) is 25.2. The zero-order valence-corrected chi connectivity index (χ0v) is 20.6. The number of amides is 4. The lowest BCUT2D eigenvalue weighted by molar-refractivity contribution is -0.126. The van der Waals surface area contributed by atoms with Crippen LogP contribution in [0.5, 0.6) is 0 Å². The summed E-state index contributed by atoms with van der Waals surface area (Å²) >= 11 is 0. The summed E-state index contributed by atoms with van der Waals surface area (Å²) in [4.78, 5) is 41.8. The predicted octanol–water partition coefficient (Wildman–Crippen LogP) is 2.91. The first kappa shape index (κ1) is 25.7. The predicted molar refractivity (Wildman–Crippen MR) is 139 cm³/mol. The van der Waals surface area contributed by atoms with Gasteiger partial charge in [-0.2, -0.15) is 0 Å². The molecule has 1 unspecified atom stereocenters. The van der Waals surface area contributed by atoms with Gasteiger partial charge in [0.05, 0.1) is 19.1 Å². The molecule has 9 heteroatoms. The van der Waals surface area contributed by atoms with E-state index >= 15 is 0 Å². The molecule has 4 amide bonds. The minimum atomic E-state index is -0.247. The Kier molecular flexibility index (Phi) is 9.29. The molecule has 3 N–H and O–H groups in total. The van der Waals surface area contributed by atoms with Crippen LogP contribution in [0.2, 0.25) is 0 Å². The minimum Gasteiger partial charge on any atom is -0.379 e. The number of hydrogen-bond donors (Lipinski definition) is 3. The highest BCUT2D eigenvalue weighted by Gasteiger charge is 2.28. The first-order chi connectivity index (χ1) is 17.6. The summed E-state index contributed by atoms with van der Waals surface area (Å²) in [5.41, 5.74) is 2.36. The van der Waals surface area contributed by atoms with Gasteiger partial charge in [0.25, 0.3) is 0 Å². The smallest absolute Gasteiger partial charge is 0.321 e. The second kappa shape index (κ2) is 13.0. The second-order valence-corrected chi connectivity index (χ2v) is 9.25. The molecule has 192 valence electrons. The molecular weight excluding hydrogens is 458 g/mol. The van der Waals surface area contributed by atoms with Crippen molar-refractivity contribution >= 4 is 29.2 Å². The van der Waals surface area contributed by atoms with Gasteiger partial charge in [-0.05, 0) is 42.7 Å². The van der Waals surface area contributed by atoms with Crippen LogP contribution in [0.4, 0.5) is 16.2 Å². The van der Waals surface area contributed by atoms with Gasteiger partial charge < -0.3 is 25.6 Å². The zero-order valence-electron chi connectivity index (χ0n) is 20.6. The van der Waals surface area contributed by atoms with Gasteiger partial charge in [0.2, 0.25) is 11.8 Å². The van der Waals surface area contributed by atoms with E-state index in [1.807, 2.05) is 54.6 Å². The fraction of sp³-hybridized carbons (Fsp3) is 0.444. The fourth-order valence-corrected chi connectivity index (χ4v) is 4.50. The highest BCUT2D eigenvalue weighted by molar-refractivity contribution is 5.91. The fourth-order valence-electron chi connectivity index (χ4n) is 4.50. The Bertz CT molecular complexity index is 1030. The minimum absolute atomic E-state index is 0.0289. The van der Waals surface area contributed by atoms with E-state index in [9.17, 15) is 14.4 Å².